The second kappa shape index (κ2) is 11.4. The summed E-state index contributed by atoms with van der Waals surface area (Å²) in [5.41, 5.74) is 2.22. The van der Waals surface area contributed by atoms with Crippen LogP contribution in [0.25, 0.3) is 0 Å². The van der Waals surface area contributed by atoms with Gasteiger partial charge in [-0.2, -0.15) is 4.31 Å². The van der Waals surface area contributed by atoms with Gasteiger partial charge in [-0.3, -0.25) is 14.5 Å². The van der Waals surface area contributed by atoms with E-state index in [2.05, 4.69) is 17.1 Å². The van der Waals surface area contributed by atoms with Gasteiger partial charge in [-0.15, -0.1) is 0 Å². The Morgan fingerprint density at radius 1 is 1.22 bits per heavy atom. The quantitative estimate of drug-likeness (QED) is 0.470. The zero-order valence-corrected chi connectivity index (χ0v) is 22.7. The van der Waals surface area contributed by atoms with Crippen molar-refractivity contribution in [2.24, 2.45) is 5.92 Å². The first kappa shape index (κ1) is 27.4. The van der Waals surface area contributed by atoms with Crippen molar-refractivity contribution in [1.29, 1.82) is 0 Å². The summed E-state index contributed by atoms with van der Waals surface area (Å²) in [5.74, 6) is -0.205. The Morgan fingerprint density at radius 2 is 1.95 bits per heavy atom. The van der Waals surface area contributed by atoms with Gasteiger partial charge in [0.15, 0.2) is 0 Å². The van der Waals surface area contributed by atoms with Crippen molar-refractivity contribution in [3.8, 4) is 5.75 Å². The Labute approximate surface area is 219 Å². The number of hydrogen-bond donors (Lipinski definition) is 2. The van der Waals surface area contributed by atoms with Crippen LogP contribution >= 0.6 is 0 Å². The van der Waals surface area contributed by atoms with Crippen LogP contribution < -0.4 is 10.1 Å². The summed E-state index contributed by atoms with van der Waals surface area (Å²) in [7, 11) is -1.86. The smallest absolute Gasteiger partial charge is 0.303 e. The number of nitrogens with one attached hydrogen (secondary N) is 1. The molecule has 1 atom stereocenters. The second-order valence-corrected chi connectivity index (χ2v) is 12.0. The zero-order valence-electron chi connectivity index (χ0n) is 21.9. The lowest BCUT2D eigenvalue weighted by Crippen LogP contribution is -2.43. The van der Waals surface area contributed by atoms with Crippen molar-refractivity contribution in [3.05, 3.63) is 35.0 Å². The number of piperidine rings is 1. The van der Waals surface area contributed by atoms with E-state index in [0.29, 0.717) is 69.2 Å². The molecule has 0 saturated carbocycles. The third kappa shape index (κ3) is 5.78. The van der Waals surface area contributed by atoms with Crippen molar-refractivity contribution in [1.82, 2.24) is 19.4 Å². The van der Waals surface area contributed by atoms with E-state index >= 15 is 0 Å². The molecule has 0 spiro atoms. The highest BCUT2D eigenvalue weighted by Crippen LogP contribution is 2.40. The normalized spacial score (nSPS) is 21.8. The SMILES string of the molecule is CCCN1CC2=C(C(=O)NC2c2cc(S(=O)(=O)N3CCC(CCC(=O)O)CC3)ccc2OCC)N(C)C1. The maximum atomic E-state index is 13.6. The van der Waals surface area contributed by atoms with Gasteiger partial charge in [0.1, 0.15) is 11.4 Å². The molecule has 3 aliphatic heterocycles. The van der Waals surface area contributed by atoms with Crippen LogP contribution in [0.5, 0.6) is 5.75 Å². The van der Waals surface area contributed by atoms with Crippen molar-refractivity contribution in [3.63, 3.8) is 0 Å². The molecule has 37 heavy (non-hydrogen) atoms. The molecule has 204 valence electrons. The molecule has 1 aromatic rings. The molecule has 3 heterocycles. The number of hydrogen-bond acceptors (Lipinski definition) is 7. The molecule has 0 aliphatic carbocycles. The topological polar surface area (TPSA) is 119 Å². The molecule has 2 N–H and O–H groups in total. The van der Waals surface area contributed by atoms with Crippen LogP contribution in [0.4, 0.5) is 0 Å². The minimum absolute atomic E-state index is 0.107. The van der Waals surface area contributed by atoms with E-state index in [-0.39, 0.29) is 23.1 Å². The van der Waals surface area contributed by atoms with Crippen LogP contribution in [0.2, 0.25) is 0 Å². The Morgan fingerprint density at radius 3 is 2.59 bits per heavy atom. The third-order valence-corrected chi connectivity index (χ3v) is 9.34. The van der Waals surface area contributed by atoms with E-state index in [0.717, 1.165) is 18.5 Å². The van der Waals surface area contributed by atoms with Crippen molar-refractivity contribution in [2.45, 2.75) is 56.9 Å². The molecule has 0 radical (unpaired) electrons. The molecule has 4 rings (SSSR count). The predicted octanol–water partition coefficient (Wildman–Crippen LogP) is 2.39. The first-order valence-corrected chi connectivity index (χ1v) is 14.6. The van der Waals surface area contributed by atoms with E-state index < -0.39 is 22.0 Å². The van der Waals surface area contributed by atoms with E-state index in [9.17, 15) is 18.0 Å². The van der Waals surface area contributed by atoms with Crippen molar-refractivity contribution < 1.29 is 27.9 Å². The lowest BCUT2D eigenvalue weighted by atomic mass is 9.93. The number of ether oxygens (including phenoxy) is 1. The number of sulfonamides is 1. The molecule has 1 aromatic carbocycles. The highest BCUT2D eigenvalue weighted by atomic mass is 32.2. The number of carboxylic acid groups (broad SMARTS) is 1. The molecular formula is C26H38N4O6S. The van der Waals surface area contributed by atoms with E-state index in [1.165, 1.54) is 4.31 Å². The summed E-state index contributed by atoms with van der Waals surface area (Å²) in [4.78, 5) is 28.3. The van der Waals surface area contributed by atoms with Gasteiger partial charge in [0.2, 0.25) is 10.0 Å². The van der Waals surface area contributed by atoms with Crippen LogP contribution in [0.15, 0.2) is 34.4 Å². The lowest BCUT2D eigenvalue weighted by molar-refractivity contribution is -0.137. The van der Waals surface area contributed by atoms with Gasteiger partial charge in [0.05, 0.1) is 24.2 Å². The minimum atomic E-state index is -3.76. The highest BCUT2D eigenvalue weighted by Gasteiger charge is 2.40. The largest absolute Gasteiger partial charge is 0.494 e. The van der Waals surface area contributed by atoms with Gasteiger partial charge in [0.25, 0.3) is 5.91 Å². The van der Waals surface area contributed by atoms with Crippen LogP contribution in [0.1, 0.15) is 57.6 Å². The van der Waals surface area contributed by atoms with Gasteiger partial charge in [-0.05, 0) is 68.8 Å². The molecule has 11 heteroatoms. The molecule has 1 amide bonds. The highest BCUT2D eigenvalue weighted by molar-refractivity contribution is 7.89. The molecule has 1 fully saturated rings. The summed E-state index contributed by atoms with van der Waals surface area (Å²) in [6, 6.07) is 4.44. The Balaban J connectivity index is 1.62. The van der Waals surface area contributed by atoms with Crippen LogP contribution in [-0.2, 0) is 19.6 Å². The average Bonchev–Trinajstić information content (AvgIpc) is 3.20. The summed E-state index contributed by atoms with van der Waals surface area (Å²) in [6.07, 6.45) is 2.96. The minimum Gasteiger partial charge on any atom is -0.494 e. The number of aliphatic carboxylic acids is 1. The standard InChI is InChI=1S/C26H38N4O6S/c1-4-12-29-16-21-24(27-26(33)25(21)28(3)17-29)20-15-19(7-8-22(20)36-5-2)37(34,35)30-13-10-18(11-14-30)6-9-23(31)32/h7-8,15,18,24H,4-6,9-14,16-17H2,1-3H3,(H,27,33)(H,31,32). The summed E-state index contributed by atoms with van der Waals surface area (Å²) in [5, 5.41) is 12.0. The zero-order chi connectivity index (χ0) is 26.7. The summed E-state index contributed by atoms with van der Waals surface area (Å²) >= 11 is 0. The van der Waals surface area contributed by atoms with Crippen LogP contribution in [0, 0.1) is 5.92 Å². The first-order chi connectivity index (χ1) is 17.6. The Kier molecular flexibility index (Phi) is 8.45. The lowest BCUT2D eigenvalue weighted by Gasteiger charge is -2.35. The number of carbonyl (C=O) groups excluding carboxylic acids is 1. The fraction of sp³-hybridized carbons (Fsp3) is 0.615. The molecule has 1 unspecified atom stereocenters. The maximum Gasteiger partial charge on any atom is 0.303 e. The first-order valence-electron chi connectivity index (χ1n) is 13.1. The van der Waals surface area contributed by atoms with Gasteiger partial charge in [-0.25, -0.2) is 8.42 Å². The number of rotatable bonds is 10. The summed E-state index contributed by atoms with van der Waals surface area (Å²) < 4.78 is 34.6. The number of benzene rings is 1. The molecule has 10 nitrogen and oxygen atoms in total. The fourth-order valence-electron chi connectivity index (χ4n) is 5.66. The number of likely N-dealkylation sites (N-methyl/N-ethyl adjacent to an activating group) is 1. The van der Waals surface area contributed by atoms with E-state index in [1.807, 2.05) is 18.9 Å². The fourth-order valence-corrected chi connectivity index (χ4v) is 7.17. The Hall–Kier alpha value is -2.63. The number of carboxylic acids is 1. The maximum absolute atomic E-state index is 13.6. The molecular weight excluding hydrogens is 496 g/mol. The van der Waals surface area contributed by atoms with Crippen molar-refractivity contribution in [2.75, 3.05) is 46.5 Å². The third-order valence-electron chi connectivity index (χ3n) is 7.44. The second-order valence-electron chi connectivity index (χ2n) is 10.1. The molecule has 3 aliphatic rings. The number of nitrogens with zero attached hydrogens (tertiary/aromatic N) is 3. The van der Waals surface area contributed by atoms with Gasteiger partial charge < -0.3 is 20.1 Å². The van der Waals surface area contributed by atoms with Gasteiger partial charge in [-0.1, -0.05) is 6.92 Å². The summed E-state index contributed by atoms with van der Waals surface area (Å²) in [6.45, 7) is 7.33. The number of carbonyl (C=O) groups is 2. The van der Waals surface area contributed by atoms with Crippen molar-refractivity contribution >= 4 is 21.9 Å². The molecule has 0 aromatic heterocycles. The average molecular weight is 535 g/mol. The monoisotopic (exact) mass is 534 g/mol. The number of amides is 1. The van der Waals surface area contributed by atoms with E-state index in [1.54, 1.807) is 18.2 Å². The molecule has 1 saturated heterocycles. The van der Waals surface area contributed by atoms with Gasteiger partial charge in [0, 0.05) is 38.7 Å². The molecule has 0 bridgehead atoms. The van der Waals surface area contributed by atoms with E-state index in [4.69, 9.17) is 9.84 Å². The van der Waals surface area contributed by atoms with Crippen LogP contribution in [0.3, 0.4) is 0 Å². The Bertz CT molecular complexity index is 1160. The van der Waals surface area contributed by atoms with Gasteiger partial charge >= 0.3 is 5.97 Å². The van der Waals surface area contributed by atoms with Crippen LogP contribution in [-0.4, -0.2) is 86.0 Å². The predicted molar refractivity (Wildman–Crippen MR) is 138 cm³/mol.